The van der Waals surface area contributed by atoms with E-state index in [4.69, 9.17) is 5.11 Å². The largest absolute Gasteiger partial charge is 0.396 e. The number of aliphatic hydroxyl groups excluding tert-OH is 2. The topological polar surface area (TPSA) is 40.5 Å². The molecule has 1 atom stereocenters. The van der Waals surface area contributed by atoms with Gasteiger partial charge in [0.05, 0.1) is 12.7 Å². The Morgan fingerprint density at radius 1 is 1.18 bits per heavy atom. The molecule has 0 aliphatic heterocycles. The van der Waals surface area contributed by atoms with Crippen molar-refractivity contribution < 1.29 is 10.2 Å². The lowest BCUT2D eigenvalue weighted by Gasteiger charge is -2.34. The van der Waals surface area contributed by atoms with Crippen LogP contribution in [-0.2, 0) is 0 Å². The van der Waals surface area contributed by atoms with Crippen molar-refractivity contribution in [2.75, 3.05) is 6.61 Å². The van der Waals surface area contributed by atoms with Crippen LogP contribution in [0.4, 0.5) is 0 Å². The minimum absolute atomic E-state index is 0.0923. The van der Waals surface area contributed by atoms with Gasteiger partial charge in [0.1, 0.15) is 0 Å². The molecule has 0 heterocycles. The van der Waals surface area contributed by atoms with E-state index in [0.29, 0.717) is 0 Å². The highest BCUT2D eigenvalue weighted by atomic mass is 16.3. The van der Waals surface area contributed by atoms with Crippen LogP contribution < -0.4 is 0 Å². The lowest BCUT2D eigenvalue weighted by molar-refractivity contribution is -0.0253. The molecule has 1 unspecified atom stereocenters. The zero-order chi connectivity index (χ0) is 8.91. The molecule has 0 spiro atoms. The molecule has 0 saturated heterocycles. The molecule has 2 heteroatoms. The van der Waals surface area contributed by atoms with Crippen molar-refractivity contribution in [2.45, 2.75) is 46.1 Å². The standard InChI is InChI=1S/C9H20O2/c1-4-8(11)9(5-2,6-3)7-10/h8,10-11H,4-7H2,1-3H3. The number of rotatable bonds is 5. The van der Waals surface area contributed by atoms with E-state index < -0.39 is 0 Å². The summed E-state index contributed by atoms with van der Waals surface area (Å²) in [5.74, 6) is 0. The van der Waals surface area contributed by atoms with Crippen LogP contribution in [0.25, 0.3) is 0 Å². The second-order valence-corrected chi connectivity index (χ2v) is 3.15. The lowest BCUT2D eigenvalue weighted by Crippen LogP contribution is -2.37. The molecule has 2 nitrogen and oxygen atoms in total. The highest BCUT2D eigenvalue weighted by Gasteiger charge is 2.32. The Morgan fingerprint density at radius 3 is 1.73 bits per heavy atom. The van der Waals surface area contributed by atoms with Gasteiger partial charge < -0.3 is 10.2 Å². The monoisotopic (exact) mass is 160 g/mol. The highest BCUT2D eigenvalue weighted by molar-refractivity contribution is 4.82. The third-order valence-electron chi connectivity index (χ3n) is 2.82. The van der Waals surface area contributed by atoms with Crippen LogP contribution in [0.5, 0.6) is 0 Å². The van der Waals surface area contributed by atoms with Crippen LogP contribution >= 0.6 is 0 Å². The van der Waals surface area contributed by atoms with Crippen molar-refractivity contribution in [1.29, 1.82) is 0 Å². The van der Waals surface area contributed by atoms with Gasteiger partial charge in [0.2, 0.25) is 0 Å². The third kappa shape index (κ3) is 2.17. The first-order chi connectivity index (χ1) is 5.16. The molecule has 0 aliphatic rings. The Kier molecular flexibility index (Phi) is 4.69. The summed E-state index contributed by atoms with van der Waals surface area (Å²) < 4.78 is 0. The van der Waals surface area contributed by atoms with Gasteiger partial charge in [-0.25, -0.2) is 0 Å². The van der Waals surface area contributed by atoms with Gasteiger partial charge in [-0.1, -0.05) is 20.8 Å². The molecule has 11 heavy (non-hydrogen) atoms. The fraction of sp³-hybridized carbons (Fsp3) is 1.00. The first kappa shape index (κ1) is 10.9. The quantitative estimate of drug-likeness (QED) is 0.640. The van der Waals surface area contributed by atoms with Gasteiger partial charge in [0, 0.05) is 5.41 Å². The normalized spacial score (nSPS) is 15.0. The van der Waals surface area contributed by atoms with Crippen molar-refractivity contribution in [3.8, 4) is 0 Å². The second kappa shape index (κ2) is 4.73. The first-order valence-electron chi connectivity index (χ1n) is 4.45. The lowest BCUT2D eigenvalue weighted by atomic mass is 9.77. The Morgan fingerprint density at radius 2 is 1.64 bits per heavy atom. The maximum atomic E-state index is 9.61. The number of hydrogen-bond donors (Lipinski definition) is 2. The molecule has 0 aromatic heterocycles. The van der Waals surface area contributed by atoms with Gasteiger partial charge in [-0.05, 0) is 19.3 Å². The van der Waals surface area contributed by atoms with Gasteiger partial charge in [0.15, 0.2) is 0 Å². The Labute approximate surface area is 69.2 Å². The summed E-state index contributed by atoms with van der Waals surface area (Å²) >= 11 is 0. The number of hydrogen-bond acceptors (Lipinski definition) is 2. The summed E-state index contributed by atoms with van der Waals surface area (Å²) in [6, 6.07) is 0. The molecule has 0 aromatic carbocycles. The van der Waals surface area contributed by atoms with E-state index in [1.807, 2.05) is 20.8 Å². The van der Waals surface area contributed by atoms with Crippen LogP contribution in [0, 0.1) is 5.41 Å². The Balaban J connectivity index is 4.26. The second-order valence-electron chi connectivity index (χ2n) is 3.15. The summed E-state index contributed by atoms with van der Waals surface area (Å²) in [4.78, 5) is 0. The smallest absolute Gasteiger partial charge is 0.0615 e. The van der Waals surface area contributed by atoms with E-state index in [-0.39, 0.29) is 18.1 Å². The highest BCUT2D eigenvalue weighted by Crippen LogP contribution is 2.31. The van der Waals surface area contributed by atoms with Gasteiger partial charge in [-0.2, -0.15) is 0 Å². The molecule has 0 rings (SSSR count). The number of aliphatic hydroxyl groups is 2. The Bertz CT molecular complexity index is 89.5. The molecule has 0 amide bonds. The van der Waals surface area contributed by atoms with Crippen LogP contribution in [0.1, 0.15) is 40.0 Å². The van der Waals surface area contributed by atoms with E-state index in [1.165, 1.54) is 0 Å². The van der Waals surface area contributed by atoms with Crippen molar-refractivity contribution in [2.24, 2.45) is 5.41 Å². The molecule has 68 valence electrons. The average Bonchev–Trinajstić information content (AvgIpc) is 2.08. The first-order valence-corrected chi connectivity index (χ1v) is 4.45. The minimum Gasteiger partial charge on any atom is -0.396 e. The summed E-state index contributed by atoms with van der Waals surface area (Å²) in [6.45, 7) is 6.06. The molecule has 0 saturated carbocycles. The molecular formula is C9H20O2. The fourth-order valence-corrected chi connectivity index (χ4v) is 1.48. The maximum Gasteiger partial charge on any atom is 0.0615 e. The fourth-order valence-electron chi connectivity index (χ4n) is 1.48. The summed E-state index contributed by atoms with van der Waals surface area (Å²) in [5, 5.41) is 18.7. The third-order valence-corrected chi connectivity index (χ3v) is 2.82. The molecule has 0 radical (unpaired) electrons. The molecule has 0 bridgehead atoms. The van der Waals surface area contributed by atoms with Gasteiger partial charge in [-0.3, -0.25) is 0 Å². The molecular weight excluding hydrogens is 140 g/mol. The van der Waals surface area contributed by atoms with Gasteiger partial charge in [0.25, 0.3) is 0 Å². The van der Waals surface area contributed by atoms with Crippen LogP contribution in [0.2, 0.25) is 0 Å². The minimum atomic E-state index is -0.359. The van der Waals surface area contributed by atoms with E-state index >= 15 is 0 Å². The van der Waals surface area contributed by atoms with E-state index in [1.54, 1.807) is 0 Å². The Hall–Kier alpha value is -0.0800. The van der Waals surface area contributed by atoms with Crippen molar-refractivity contribution >= 4 is 0 Å². The zero-order valence-electron chi connectivity index (χ0n) is 7.80. The van der Waals surface area contributed by atoms with Crippen LogP contribution in [0.3, 0.4) is 0 Å². The van der Waals surface area contributed by atoms with E-state index in [9.17, 15) is 5.11 Å². The maximum absolute atomic E-state index is 9.61. The average molecular weight is 160 g/mol. The van der Waals surface area contributed by atoms with Crippen LogP contribution in [-0.4, -0.2) is 22.9 Å². The SMILES string of the molecule is CCC(O)C(CC)(CC)CO. The molecule has 0 aliphatic carbocycles. The van der Waals surface area contributed by atoms with Crippen molar-refractivity contribution in [3.63, 3.8) is 0 Å². The predicted octanol–water partition coefficient (Wildman–Crippen LogP) is 1.56. The summed E-state index contributed by atoms with van der Waals surface area (Å²) in [5.41, 5.74) is -0.255. The van der Waals surface area contributed by atoms with Crippen molar-refractivity contribution in [1.82, 2.24) is 0 Å². The molecule has 0 fully saturated rings. The van der Waals surface area contributed by atoms with Crippen LogP contribution in [0.15, 0.2) is 0 Å². The zero-order valence-corrected chi connectivity index (χ0v) is 7.80. The van der Waals surface area contributed by atoms with Gasteiger partial charge >= 0.3 is 0 Å². The predicted molar refractivity (Wildman–Crippen MR) is 46.4 cm³/mol. The van der Waals surface area contributed by atoms with E-state index in [2.05, 4.69) is 0 Å². The van der Waals surface area contributed by atoms with E-state index in [0.717, 1.165) is 19.3 Å². The molecule has 2 N–H and O–H groups in total. The van der Waals surface area contributed by atoms with Crippen molar-refractivity contribution in [3.05, 3.63) is 0 Å². The summed E-state index contributed by atoms with van der Waals surface area (Å²) in [7, 11) is 0. The molecule has 0 aromatic rings. The van der Waals surface area contributed by atoms with Gasteiger partial charge in [-0.15, -0.1) is 0 Å². The summed E-state index contributed by atoms with van der Waals surface area (Å²) in [6.07, 6.45) is 2.05.